The summed E-state index contributed by atoms with van der Waals surface area (Å²) in [5, 5.41) is 4.24. The molecule has 0 spiro atoms. The molecule has 6 nitrogen and oxygen atoms in total. The van der Waals surface area contributed by atoms with Crippen LogP contribution in [0.1, 0.15) is 47.2 Å². The van der Waals surface area contributed by atoms with Crippen molar-refractivity contribution in [2.24, 2.45) is 0 Å². The third-order valence-corrected chi connectivity index (χ3v) is 7.52. The zero-order valence-corrected chi connectivity index (χ0v) is 19.1. The van der Waals surface area contributed by atoms with Gasteiger partial charge in [-0.25, -0.2) is 4.98 Å². The summed E-state index contributed by atoms with van der Waals surface area (Å²) >= 11 is 1.54. The highest BCUT2D eigenvalue weighted by Crippen LogP contribution is 2.40. The second-order valence-electron chi connectivity index (χ2n) is 8.24. The quantitative estimate of drug-likeness (QED) is 0.490. The molecule has 3 heterocycles. The van der Waals surface area contributed by atoms with Gasteiger partial charge in [0, 0.05) is 37.2 Å². The van der Waals surface area contributed by atoms with Crippen LogP contribution in [-0.4, -0.2) is 39.4 Å². The molecule has 1 saturated heterocycles. The minimum absolute atomic E-state index is 0.0721. The van der Waals surface area contributed by atoms with E-state index in [2.05, 4.69) is 35.0 Å². The predicted molar refractivity (Wildman–Crippen MR) is 128 cm³/mol. The fourth-order valence-corrected chi connectivity index (χ4v) is 5.98. The van der Waals surface area contributed by atoms with Gasteiger partial charge in [0.1, 0.15) is 5.82 Å². The number of hydrogen-bond donors (Lipinski definition) is 1. The zero-order chi connectivity index (χ0) is 22.2. The second kappa shape index (κ2) is 8.39. The van der Waals surface area contributed by atoms with Gasteiger partial charge in [-0.1, -0.05) is 30.3 Å². The van der Waals surface area contributed by atoms with Gasteiger partial charge in [0.2, 0.25) is 5.91 Å². The van der Waals surface area contributed by atoms with Crippen molar-refractivity contribution in [3.05, 3.63) is 64.8 Å². The Morgan fingerprint density at radius 2 is 1.94 bits per heavy atom. The van der Waals surface area contributed by atoms with Crippen LogP contribution in [0.25, 0.3) is 21.1 Å². The summed E-state index contributed by atoms with van der Waals surface area (Å²) in [7, 11) is 0. The normalized spacial score (nSPS) is 16.2. The van der Waals surface area contributed by atoms with Crippen LogP contribution >= 0.6 is 11.3 Å². The first-order valence-corrected chi connectivity index (χ1v) is 11.9. The lowest BCUT2D eigenvalue weighted by atomic mass is 9.95. The van der Waals surface area contributed by atoms with Crippen LogP contribution < -0.4 is 5.32 Å². The Balaban J connectivity index is 1.45. The van der Waals surface area contributed by atoms with E-state index < -0.39 is 0 Å². The average molecular weight is 447 g/mol. The van der Waals surface area contributed by atoms with Crippen LogP contribution in [0, 0.1) is 0 Å². The highest BCUT2D eigenvalue weighted by Gasteiger charge is 2.31. The second-order valence-corrected chi connectivity index (χ2v) is 9.29. The maximum absolute atomic E-state index is 13.4. The van der Waals surface area contributed by atoms with Gasteiger partial charge in [-0.05, 0) is 42.5 Å². The van der Waals surface area contributed by atoms with E-state index in [1.54, 1.807) is 6.92 Å². The van der Waals surface area contributed by atoms with E-state index in [9.17, 15) is 9.59 Å². The number of rotatable bonds is 5. The number of carbonyl (C=O) groups is 2. The van der Waals surface area contributed by atoms with Crippen molar-refractivity contribution in [1.29, 1.82) is 0 Å². The number of nitrogens with one attached hydrogen (secondary N) is 1. The summed E-state index contributed by atoms with van der Waals surface area (Å²) in [6.07, 6.45) is 0.881. The molecule has 2 amide bonds. The van der Waals surface area contributed by atoms with Crippen molar-refractivity contribution < 1.29 is 9.59 Å². The van der Waals surface area contributed by atoms with Gasteiger partial charge >= 0.3 is 0 Å². The molecule has 32 heavy (non-hydrogen) atoms. The zero-order valence-electron chi connectivity index (χ0n) is 18.3. The summed E-state index contributed by atoms with van der Waals surface area (Å²) in [6, 6.07) is 16.2. The van der Waals surface area contributed by atoms with Gasteiger partial charge in [-0.15, -0.1) is 11.3 Å². The van der Waals surface area contributed by atoms with Crippen molar-refractivity contribution in [3.8, 4) is 0 Å². The van der Waals surface area contributed by atoms with E-state index in [1.807, 2.05) is 35.2 Å². The van der Waals surface area contributed by atoms with Gasteiger partial charge in [-0.3, -0.25) is 9.59 Å². The van der Waals surface area contributed by atoms with E-state index in [0.29, 0.717) is 13.1 Å². The first-order chi connectivity index (χ1) is 15.6. The van der Waals surface area contributed by atoms with Crippen LogP contribution in [-0.2, 0) is 17.9 Å². The van der Waals surface area contributed by atoms with Crippen LogP contribution in [0.15, 0.2) is 48.5 Å². The van der Waals surface area contributed by atoms with Crippen LogP contribution in [0.3, 0.4) is 0 Å². The summed E-state index contributed by atoms with van der Waals surface area (Å²) < 4.78 is 3.25. The highest BCUT2D eigenvalue weighted by atomic mass is 32.1. The van der Waals surface area contributed by atoms with Gasteiger partial charge in [-0.2, -0.15) is 0 Å². The Hall–Kier alpha value is -3.19. The number of fused-ring (bicyclic) bond motifs is 2. The van der Waals surface area contributed by atoms with Crippen molar-refractivity contribution in [2.75, 3.05) is 13.1 Å². The topological polar surface area (TPSA) is 67.2 Å². The number of carbonyl (C=O) groups excluding carboxylic acids is 2. The minimum Gasteiger partial charge on any atom is -0.344 e. The van der Waals surface area contributed by atoms with Crippen LogP contribution in [0.2, 0.25) is 0 Å². The molecule has 0 unspecified atom stereocenters. The lowest BCUT2D eigenvalue weighted by molar-refractivity contribution is -0.127. The van der Waals surface area contributed by atoms with Gasteiger partial charge in [0.15, 0.2) is 0 Å². The SMILES string of the molecule is CCn1c(CNC(=O)c2sc3ccccc3c2[C@@H]2CCN(C(C)=O)C2)nc2ccccc21. The van der Waals surface area contributed by atoms with Gasteiger partial charge < -0.3 is 14.8 Å². The number of imidazole rings is 1. The summed E-state index contributed by atoms with van der Waals surface area (Å²) in [6.45, 7) is 6.28. The molecule has 5 rings (SSSR count). The van der Waals surface area contributed by atoms with Crippen LogP contribution in [0.4, 0.5) is 0 Å². The Morgan fingerprint density at radius 1 is 1.16 bits per heavy atom. The molecular formula is C25H26N4O2S. The summed E-state index contributed by atoms with van der Waals surface area (Å²) in [5.41, 5.74) is 3.10. The molecule has 4 aromatic rings. The molecule has 1 fully saturated rings. The fourth-order valence-electron chi connectivity index (χ4n) is 4.77. The molecule has 1 N–H and O–H groups in total. The Bertz CT molecular complexity index is 1320. The number of amides is 2. The summed E-state index contributed by atoms with van der Waals surface area (Å²) in [4.78, 5) is 32.6. The van der Waals surface area contributed by atoms with E-state index in [4.69, 9.17) is 4.98 Å². The lowest BCUT2D eigenvalue weighted by Gasteiger charge is -2.15. The van der Waals surface area contributed by atoms with Gasteiger partial charge in [0.25, 0.3) is 5.91 Å². The monoisotopic (exact) mass is 446 g/mol. The molecule has 2 aromatic heterocycles. The highest BCUT2D eigenvalue weighted by molar-refractivity contribution is 7.21. The number of likely N-dealkylation sites (tertiary alicyclic amines) is 1. The van der Waals surface area contributed by atoms with Crippen molar-refractivity contribution in [3.63, 3.8) is 0 Å². The van der Waals surface area contributed by atoms with Crippen molar-refractivity contribution >= 4 is 44.3 Å². The van der Waals surface area contributed by atoms with E-state index in [0.717, 1.165) is 56.9 Å². The third kappa shape index (κ3) is 3.56. The molecule has 1 aliphatic rings. The number of benzene rings is 2. The largest absolute Gasteiger partial charge is 0.344 e. The predicted octanol–water partition coefficient (Wildman–Crippen LogP) is 4.54. The van der Waals surface area contributed by atoms with Crippen LogP contribution in [0.5, 0.6) is 0 Å². The Morgan fingerprint density at radius 3 is 2.72 bits per heavy atom. The molecule has 2 aromatic carbocycles. The van der Waals surface area contributed by atoms with E-state index >= 15 is 0 Å². The van der Waals surface area contributed by atoms with E-state index in [-0.39, 0.29) is 17.7 Å². The number of nitrogens with zero attached hydrogens (tertiary/aromatic N) is 3. The minimum atomic E-state index is -0.0721. The van der Waals surface area contributed by atoms with Gasteiger partial charge in [0.05, 0.1) is 22.5 Å². The first-order valence-electron chi connectivity index (χ1n) is 11.1. The first kappa shape index (κ1) is 20.7. The third-order valence-electron chi connectivity index (χ3n) is 6.34. The molecular weight excluding hydrogens is 420 g/mol. The fraction of sp³-hybridized carbons (Fsp3) is 0.320. The average Bonchev–Trinajstić information content (AvgIpc) is 3.51. The molecule has 0 aliphatic carbocycles. The molecule has 1 aliphatic heterocycles. The Kier molecular flexibility index (Phi) is 5.43. The molecule has 7 heteroatoms. The number of aromatic nitrogens is 2. The standard InChI is InChI=1S/C25H26N4O2S/c1-3-29-20-10-6-5-9-19(20)27-22(29)14-26-25(31)24-23(17-12-13-28(15-17)16(2)30)18-8-4-7-11-21(18)32-24/h4-11,17H,3,12-15H2,1-2H3,(H,26,31)/t17-/m1/s1. The summed E-state index contributed by atoms with van der Waals surface area (Å²) in [5.74, 6) is 1.05. The number of aryl methyl sites for hydroxylation is 1. The molecule has 0 saturated carbocycles. The van der Waals surface area contributed by atoms with Crippen molar-refractivity contribution in [1.82, 2.24) is 19.8 Å². The number of hydrogen-bond acceptors (Lipinski definition) is 4. The molecule has 164 valence electrons. The smallest absolute Gasteiger partial charge is 0.262 e. The molecule has 0 bridgehead atoms. The van der Waals surface area contributed by atoms with Crippen molar-refractivity contribution in [2.45, 2.75) is 39.3 Å². The van der Waals surface area contributed by atoms with E-state index in [1.165, 1.54) is 11.3 Å². The molecule has 1 atom stereocenters. The lowest BCUT2D eigenvalue weighted by Crippen LogP contribution is -2.27. The Labute approximate surface area is 190 Å². The number of thiophene rings is 1. The molecule has 0 radical (unpaired) electrons. The maximum atomic E-state index is 13.4. The maximum Gasteiger partial charge on any atom is 0.262 e. The number of para-hydroxylation sites is 2.